The van der Waals surface area contributed by atoms with Crippen LogP contribution < -0.4 is 15.4 Å². The fourth-order valence-corrected chi connectivity index (χ4v) is 3.15. The molecule has 0 radical (unpaired) electrons. The van der Waals surface area contributed by atoms with Crippen LogP contribution in [0.15, 0.2) is 29.3 Å². The average Bonchev–Trinajstić information content (AvgIpc) is 2.65. The fourth-order valence-electron chi connectivity index (χ4n) is 3.15. The average molecular weight is 362 g/mol. The summed E-state index contributed by atoms with van der Waals surface area (Å²) in [5.74, 6) is 2.34. The molecule has 6 heteroatoms. The molecule has 2 N–H and O–H groups in total. The quantitative estimate of drug-likeness (QED) is 0.545. The molecule has 0 bridgehead atoms. The number of piperazine rings is 1. The van der Waals surface area contributed by atoms with Gasteiger partial charge in [-0.05, 0) is 26.0 Å². The molecular formula is C20H35N5O. The van der Waals surface area contributed by atoms with Crippen molar-refractivity contribution >= 4 is 5.96 Å². The lowest BCUT2D eigenvalue weighted by Crippen LogP contribution is -2.47. The summed E-state index contributed by atoms with van der Waals surface area (Å²) in [6.45, 7) is 12.4. The van der Waals surface area contributed by atoms with Crippen molar-refractivity contribution in [2.24, 2.45) is 10.9 Å². The van der Waals surface area contributed by atoms with Crippen LogP contribution in [0.25, 0.3) is 0 Å². The number of rotatable bonds is 8. The largest absolute Gasteiger partial charge is 0.494 e. The van der Waals surface area contributed by atoms with Gasteiger partial charge in [0.05, 0.1) is 6.61 Å². The highest BCUT2D eigenvalue weighted by atomic mass is 16.5. The molecule has 146 valence electrons. The molecule has 0 aromatic heterocycles. The molecule has 1 unspecified atom stereocenters. The van der Waals surface area contributed by atoms with E-state index < -0.39 is 0 Å². The van der Waals surface area contributed by atoms with Gasteiger partial charge in [-0.3, -0.25) is 4.99 Å². The van der Waals surface area contributed by atoms with Crippen LogP contribution in [0.2, 0.25) is 0 Å². The third kappa shape index (κ3) is 6.84. The Bertz CT molecular complexity index is 555. The summed E-state index contributed by atoms with van der Waals surface area (Å²) in [6, 6.07) is 8.13. The molecule has 0 saturated carbocycles. The van der Waals surface area contributed by atoms with Crippen LogP contribution in [0.3, 0.4) is 0 Å². The van der Waals surface area contributed by atoms with Crippen molar-refractivity contribution < 1.29 is 4.74 Å². The first-order chi connectivity index (χ1) is 12.6. The zero-order valence-corrected chi connectivity index (χ0v) is 16.8. The predicted molar refractivity (Wildman–Crippen MR) is 109 cm³/mol. The lowest BCUT2D eigenvalue weighted by atomic mass is 10.1. The van der Waals surface area contributed by atoms with Gasteiger partial charge in [0.25, 0.3) is 0 Å². The molecule has 0 amide bonds. The van der Waals surface area contributed by atoms with Crippen LogP contribution in [-0.4, -0.2) is 75.7 Å². The molecule has 1 saturated heterocycles. The van der Waals surface area contributed by atoms with Crippen LogP contribution in [0.1, 0.15) is 19.4 Å². The number of nitrogens with one attached hydrogen (secondary N) is 2. The van der Waals surface area contributed by atoms with Gasteiger partial charge in [-0.1, -0.05) is 25.1 Å². The maximum atomic E-state index is 5.68. The minimum Gasteiger partial charge on any atom is -0.494 e. The number of hydrogen-bond donors (Lipinski definition) is 2. The van der Waals surface area contributed by atoms with Crippen molar-refractivity contribution in [1.82, 2.24) is 20.4 Å². The van der Waals surface area contributed by atoms with Crippen molar-refractivity contribution in [2.45, 2.75) is 20.4 Å². The molecular weight excluding hydrogens is 326 g/mol. The fraction of sp³-hybridized carbons (Fsp3) is 0.650. The van der Waals surface area contributed by atoms with Gasteiger partial charge in [-0.15, -0.1) is 0 Å². The van der Waals surface area contributed by atoms with Gasteiger partial charge in [0, 0.05) is 58.4 Å². The number of likely N-dealkylation sites (N-methyl/N-ethyl adjacent to an activating group) is 1. The highest BCUT2D eigenvalue weighted by Crippen LogP contribution is 2.17. The lowest BCUT2D eigenvalue weighted by Gasteiger charge is -2.34. The number of hydrogen-bond acceptors (Lipinski definition) is 4. The molecule has 26 heavy (non-hydrogen) atoms. The van der Waals surface area contributed by atoms with E-state index >= 15 is 0 Å². The first-order valence-corrected chi connectivity index (χ1v) is 9.68. The normalized spacial score (nSPS) is 17.8. The van der Waals surface area contributed by atoms with E-state index in [9.17, 15) is 0 Å². The first kappa shape index (κ1) is 20.5. The zero-order valence-electron chi connectivity index (χ0n) is 16.8. The molecule has 1 fully saturated rings. The lowest BCUT2D eigenvalue weighted by molar-refractivity contribution is 0.139. The van der Waals surface area contributed by atoms with Crippen molar-refractivity contribution in [1.29, 1.82) is 0 Å². The molecule has 0 spiro atoms. The minimum atomic E-state index is 0.577. The number of ether oxygens (including phenoxy) is 1. The van der Waals surface area contributed by atoms with Crippen molar-refractivity contribution in [3.63, 3.8) is 0 Å². The summed E-state index contributed by atoms with van der Waals surface area (Å²) < 4.78 is 5.68. The first-order valence-electron chi connectivity index (χ1n) is 9.68. The van der Waals surface area contributed by atoms with Gasteiger partial charge in [0.1, 0.15) is 5.75 Å². The molecule has 6 nitrogen and oxygen atoms in total. The van der Waals surface area contributed by atoms with Crippen LogP contribution in [0, 0.1) is 5.92 Å². The number of benzene rings is 1. The number of nitrogens with zero attached hydrogens (tertiary/aromatic N) is 3. The van der Waals surface area contributed by atoms with E-state index in [4.69, 9.17) is 4.74 Å². The maximum absolute atomic E-state index is 5.68. The molecule has 1 aliphatic heterocycles. The van der Waals surface area contributed by atoms with Gasteiger partial charge in [-0.2, -0.15) is 0 Å². The summed E-state index contributed by atoms with van der Waals surface area (Å²) in [6.07, 6.45) is 0. The molecule has 1 atom stereocenters. The summed E-state index contributed by atoms with van der Waals surface area (Å²) >= 11 is 0. The second kappa shape index (κ2) is 11.0. The van der Waals surface area contributed by atoms with Gasteiger partial charge >= 0.3 is 0 Å². The van der Waals surface area contributed by atoms with Gasteiger partial charge in [-0.25, -0.2) is 0 Å². The summed E-state index contributed by atoms with van der Waals surface area (Å²) in [5, 5.41) is 6.84. The van der Waals surface area contributed by atoms with Crippen LogP contribution >= 0.6 is 0 Å². The zero-order chi connectivity index (χ0) is 18.8. The van der Waals surface area contributed by atoms with Crippen LogP contribution in [-0.2, 0) is 6.54 Å². The SMILES string of the molecule is CCOc1ccccc1CNC(=NC)NCC(C)CN1CCN(C)CC1. The standard InChI is InChI=1S/C20H35N5O/c1-5-26-19-9-7-6-8-18(19)15-23-20(21-3)22-14-17(2)16-25-12-10-24(4)11-13-25/h6-9,17H,5,10-16H2,1-4H3,(H2,21,22,23). The number of para-hydroxylation sites is 1. The Morgan fingerprint density at radius 3 is 2.62 bits per heavy atom. The molecule has 1 aliphatic rings. The van der Waals surface area contributed by atoms with Gasteiger partial charge in [0.2, 0.25) is 0 Å². The van der Waals surface area contributed by atoms with Crippen molar-refractivity contribution in [3.8, 4) is 5.75 Å². The Balaban J connectivity index is 1.74. The van der Waals surface area contributed by atoms with E-state index in [2.05, 4.69) is 45.5 Å². The van der Waals surface area contributed by atoms with Crippen molar-refractivity contribution in [3.05, 3.63) is 29.8 Å². The smallest absolute Gasteiger partial charge is 0.191 e. The third-order valence-corrected chi connectivity index (χ3v) is 4.73. The van der Waals surface area contributed by atoms with E-state index in [1.54, 1.807) is 0 Å². The second-order valence-corrected chi connectivity index (χ2v) is 7.06. The maximum Gasteiger partial charge on any atom is 0.191 e. The Morgan fingerprint density at radius 1 is 1.19 bits per heavy atom. The van der Waals surface area contributed by atoms with E-state index in [0.29, 0.717) is 19.1 Å². The van der Waals surface area contributed by atoms with Gasteiger partial charge < -0.3 is 25.2 Å². The number of aliphatic imine (C=N–C) groups is 1. The minimum absolute atomic E-state index is 0.577. The topological polar surface area (TPSA) is 52.1 Å². The highest BCUT2D eigenvalue weighted by Gasteiger charge is 2.16. The summed E-state index contributed by atoms with van der Waals surface area (Å²) in [7, 11) is 4.01. The monoisotopic (exact) mass is 361 g/mol. The van der Waals surface area contributed by atoms with E-state index in [0.717, 1.165) is 30.4 Å². The second-order valence-electron chi connectivity index (χ2n) is 7.06. The van der Waals surface area contributed by atoms with E-state index in [1.165, 1.54) is 26.2 Å². The Labute approximate surface area is 158 Å². The molecule has 1 aromatic carbocycles. The molecule has 1 heterocycles. The van der Waals surface area contributed by atoms with E-state index in [1.807, 2.05) is 32.2 Å². The third-order valence-electron chi connectivity index (χ3n) is 4.73. The predicted octanol–water partition coefficient (Wildman–Crippen LogP) is 1.63. The molecule has 2 rings (SSSR count). The van der Waals surface area contributed by atoms with Crippen LogP contribution in [0.5, 0.6) is 5.75 Å². The summed E-state index contributed by atoms with van der Waals surface area (Å²) in [5.41, 5.74) is 1.14. The highest BCUT2D eigenvalue weighted by molar-refractivity contribution is 5.79. The Hall–Kier alpha value is -1.79. The van der Waals surface area contributed by atoms with Crippen LogP contribution in [0.4, 0.5) is 0 Å². The van der Waals surface area contributed by atoms with E-state index in [-0.39, 0.29) is 0 Å². The molecule has 1 aromatic rings. The number of guanidine groups is 1. The molecule has 0 aliphatic carbocycles. The summed E-state index contributed by atoms with van der Waals surface area (Å²) in [4.78, 5) is 9.29. The Kier molecular flexibility index (Phi) is 8.71. The Morgan fingerprint density at radius 2 is 1.92 bits per heavy atom. The van der Waals surface area contributed by atoms with Crippen molar-refractivity contribution in [2.75, 3.05) is 60.0 Å². The van der Waals surface area contributed by atoms with Gasteiger partial charge in [0.15, 0.2) is 5.96 Å².